The number of hydrogen-bond donors (Lipinski definition) is 3. The molecular weight excluding hydrogens is 180 g/mol. The van der Waals surface area contributed by atoms with Crippen LogP contribution in [0, 0.1) is 0 Å². The SMILES string of the molecule is CC(CCO)NC(C)C(=O)NC1CC1. The van der Waals surface area contributed by atoms with Crippen molar-refractivity contribution in [1.82, 2.24) is 10.6 Å². The second-order valence-corrected chi connectivity index (χ2v) is 4.08. The van der Waals surface area contributed by atoms with Gasteiger partial charge in [0.05, 0.1) is 6.04 Å². The molecule has 14 heavy (non-hydrogen) atoms. The van der Waals surface area contributed by atoms with Crippen molar-refractivity contribution in [1.29, 1.82) is 0 Å². The van der Waals surface area contributed by atoms with Gasteiger partial charge in [-0.3, -0.25) is 4.79 Å². The van der Waals surface area contributed by atoms with Gasteiger partial charge in [0.15, 0.2) is 0 Å². The number of carbonyl (C=O) groups is 1. The largest absolute Gasteiger partial charge is 0.396 e. The molecule has 0 radical (unpaired) electrons. The van der Waals surface area contributed by atoms with Gasteiger partial charge in [-0.1, -0.05) is 0 Å². The minimum absolute atomic E-state index is 0.0669. The van der Waals surface area contributed by atoms with Crippen LogP contribution >= 0.6 is 0 Å². The molecule has 0 aromatic heterocycles. The summed E-state index contributed by atoms with van der Waals surface area (Å²) >= 11 is 0. The first-order valence-corrected chi connectivity index (χ1v) is 5.30. The van der Waals surface area contributed by atoms with Gasteiger partial charge in [0.25, 0.3) is 0 Å². The molecule has 82 valence electrons. The summed E-state index contributed by atoms with van der Waals surface area (Å²) < 4.78 is 0. The maximum absolute atomic E-state index is 11.5. The maximum atomic E-state index is 11.5. The van der Waals surface area contributed by atoms with Crippen LogP contribution in [0.4, 0.5) is 0 Å². The van der Waals surface area contributed by atoms with Gasteiger partial charge < -0.3 is 15.7 Å². The Labute approximate surface area is 85.1 Å². The normalized spacial score (nSPS) is 20.2. The van der Waals surface area contributed by atoms with Crippen molar-refractivity contribution in [2.45, 2.75) is 51.2 Å². The highest BCUT2D eigenvalue weighted by molar-refractivity contribution is 5.81. The van der Waals surface area contributed by atoms with E-state index >= 15 is 0 Å². The fraction of sp³-hybridized carbons (Fsp3) is 0.900. The van der Waals surface area contributed by atoms with Crippen molar-refractivity contribution >= 4 is 5.91 Å². The number of rotatable bonds is 6. The molecule has 4 nitrogen and oxygen atoms in total. The van der Waals surface area contributed by atoms with Crippen LogP contribution in [0.3, 0.4) is 0 Å². The molecule has 4 heteroatoms. The molecule has 0 saturated heterocycles. The minimum Gasteiger partial charge on any atom is -0.396 e. The first-order valence-electron chi connectivity index (χ1n) is 5.30. The average Bonchev–Trinajstić information content (AvgIpc) is 2.88. The van der Waals surface area contributed by atoms with E-state index in [0.717, 1.165) is 12.8 Å². The zero-order valence-corrected chi connectivity index (χ0v) is 8.92. The number of amides is 1. The van der Waals surface area contributed by atoms with Crippen LogP contribution in [0.25, 0.3) is 0 Å². The molecule has 0 bridgehead atoms. The molecule has 1 aliphatic carbocycles. The van der Waals surface area contributed by atoms with Gasteiger partial charge in [-0.25, -0.2) is 0 Å². The van der Waals surface area contributed by atoms with Crippen LogP contribution in [-0.4, -0.2) is 35.7 Å². The summed E-state index contributed by atoms with van der Waals surface area (Å²) in [6.07, 6.45) is 2.91. The van der Waals surface area contributed by atoms with E-state index in [9.17, 15) is 4.79 Å². The van der Waals surface area contributed by atoms with Gasteiger partial charge in [0.2, 0.25) is 5.91 Å². The first-order chi connectivity index (χ1) is 6.63. The molecule has 0 aromatic carbocycles. The van der Waals surface area contributed by atoms with Crippen LogP contribution in [0.2, 0.25) is 0 Å². The van der Waals surface area contributed by atoms with E-state index in [4.69, 9.17) is 5.11 Å². The lowest BCUT2D eigenvalue weighted by molar-refractivity contribution is -0.123. The molecule has 0 spiro atoms. The maximum Gasteiger partial charge on any atom is 0.237 e. The average molecular weight is 200 g/mol. The number of aliphatic hydroxyl groups is 1. The Balaban J connectivity index is 2.17. The van der Waals surface area contributed by atoms with E-state index in [1.54, 1.807) is 0 Å². The molecule has 1 saturated carbocycles. The van der Waals surface area contributed by atoms with E-state index in [-0.39, 0.29) is 24.6 Å². The highest BCUT2D eigenvalue weighted by atomic mass is 16.3. The van der Waals surface area contributed by atoms with Gasteiger partial charge in [-0.2, -0.15) is 0 Å². The van der Waals surface area contributed by atoms with Gasteiger partial charge in [-0.05, 0) is 33.1 Å². The summed E-state index contributed by atoms with van der Waals surface area (Å²) in [5.41, 5.74) is 0. The zero-order valence-electron chi connectivity index (χ0n) is 8.92. The van der Waals surface area contributed by atoms with Crippen molar-refractivity contribution < 1.29 is 9.90 Å². The van der Waals surface area contributed by atoms with Crippen LogP contribution in [0.1, 0.15) is 33.1 Å². The summed E-state index contributed by atoms with van der Waals surface area (Å²) in [4.78, 5) is 11.5. The standard InChI is InChI=1S/C10H20N2O2/c1-7(5-6-13)11-8(2)10(14)12-9-3-4-9/h7-9,11,13H,3-6H2,1-2H3,(H,12,14). The fourth-order valence-corrected chi connectivity index (χ4v) is 1.33. The summed E-state index contributed by atoms with van der Waals surface area (Å²) in [5, 5.41) is 14.8. The molecule has 0 aromatic rings. The van der Waals surface area contributed by atoms with E-state index in [0.29, 0.717) is 12.5 Å². The summed E-state index contributed by atoms with van der Waals surface area (Å²) in [6, 6.07) is 0.428. The summed E-state index contributed by atoms with van der Waals surface area (Å²) in [5.74, 6) is 0.0669. The Kier molecular flexibility index (Phi) is 4.35. The van der Waals surface area contributed by atoms with Crippen LogP contribution in [0.5, 0.6) is 0 Å². The summed E-state index contributed by atoms with van der Waals surface area (Å²) in [6.45, 7) is 3.98. The van der Waals surface area contributed by atoms with Gasteiger partial charge >= 0.3 is 0 Å². The molecule has 0 heterocycles. The molecule has 1 aliphatic rings. The molecule has 2 unspecified atom stereocenters. The van der Waals surface area contributed by atoms with Crippen LogP contribution < -0.4 is 10.6 Å². The number of aliphatic hydroxyl groups excluding tert-OH is 1. The fourth-order valence-electron chi connectivity index (χ4n) is 1.33. The smallest absolute Gasteiger partial charge is 0.237 e. The van der Waals surface area contributed by atoms with Gasteiger partial charge in [0, 0.05) is 18.7 Å². The van der Waals surface area contributed by atoms with E-state index in [2.05, 4.69) is 10.6 Å². The van der Waals surface area contributed by atoms with Crippen molar-refractivity contribution in [3.8, 4) is 0 Å². The lowest BCUT2D eigenvalue weighted by atomic mass is 10.2. The molecule has 3 N–H and O–H groups in total. The highest BCUT2D eigenvalue weighted by Gasteiger charge is 2.25. The minimum atomic E-state index is -0.169. The van der Waals surface area contributed by atoms with E-state index < -0.39 is 0 Å². The second-order valence-electron chi connectivity index (χ2n) is 4.08. The monoisotopic (exact) mass is 200 g/mol. The predicted molar refractivity (Wildman–Crippen MR) is 54.9 cm³/mol. The first kappa shape index (κ1) is 11.5. The Hall–Kier alpha value is -0.610. The third-order valence-electron chi connectivity index (χ3n) is 2.41. The lowest BCUT2D eigenvalue weighted by Crippen LogP contribution is -2.46. The lowest BCUT2D eigenvalue weighted by Gasteiger charge is -2.18. The van der Waals surface area contributed by atoms with E-state index in [1.807, 2.05) is 13.8 Å². The number of nitrogens with one attached hydrogen (secondary N) is 2. The molecule has 1 fully saturated rings. The molecule has 1 rings (SSSR count). The zero-order chi connectivity index (χ0) is 10.6. The molecular formula is C10H20N2O2. The number of carbonyl (C=O) groups excluding carboxylic acids is 1. The van der Waals surface area contributed by atoms with Crippen LogP contribution in [0.15, 0.2) is 0 Å². The summed E-state index contributed by atoms with van der Waals surface area (Å²) in [7, 11) is 0. The second kappa shape index (κ2) is 5.32. The van der Waals surface area contributed by atoms with Gasteiger partial charge in [0.1, 0.15) is 0 Å². The predicted octanol–water partition coefficient (Wildman–Crippen LogP) is 0.0140. The Morgan fingerprint density at radius 1 is 1.50 bits per heavy atom. The number of hydrogen-bond acceptors (Lipinski definition) is 3. The Morgan fingerprint density at radius 3 is 2.64 bits per heavy atom. The van der Waals surface area contributed by atoms with Crippen molar-refractivity contribution in [3.63, 3.8) is 0 Å². The van der Waals surface area contributed by atoms with E-state index in [1.165, 1.54) is 0 Å². The van der Waals surface area contributed by atoms with Crippen molar-refractivity contribution in [2.75, 3.05) is 6.61 Å². The van der Waals surface area contributed by atoms with Crippen molar-refractivity contribution in [3.05, 3.63) is 0 Å². The van der Waals surface area contributed by atoms with Crippen LogP contribution in [-0.2, 0) is 4.79 Å². The molecule has 2 atom stereocenters. The molecule has 1 amide bonds. The molecule has 0 aliphatic heterocycles. The third kappa shape index (κ3) is 4.07. The Bertz CT molecular complexity index is 193. The topological polar surface area (TPSA) is 61.4 Å². The Morgan fingerprint density at radius 2 is 2.14 bits per heavy atom. The van der Waals surface area contributed by atoms with Crippen molar-refractivity contribution in [2.24, 2.45) is 0 Å². The van der Waals surface area contributed by atoms with Gasteiger partial charge in [-0.15, -0.1) is 0 Å². The third-order valence-corrected chi connectivity index (χ3v) is 2.41. The highest BCUT2D eigenvalue weighted by Crippen LogP contribution is 2.18. The quantitative estimate of drug-likeness (QED) is 0.566.